The highest BCUT2D eigenvalue weighted by atomic mass is 16.5. The summed E-state index contributed by atoms with van der Waals surface area (Å²) in [7, 11) is 0. The van der Waals surface area contributed by atoms with E-state index in [1.807, 2.05) is 6.92 Å². The summed E-state index contributed by atoms with van der Waals surface area (Å²) in [5.74, 6) is -1.01. The van der Waals surface area contributed by atoms with Gasteiger partial charge in [-0.1, -0.05) is 12.1 Å². The van der Waals surface area contributed by atoms with E-state index in [2.05, 4.69) is 0 Å². The molecule has 1 fully saturated rings. The van der Waals surface area contributed by atoms with E-state index in [0.717, 1.165) is 11.6 Å². The summed E-state index contributed by atoms with van der Waals surface area (Å²) in [4.78, 5) is 24.6. The molecule has 0 saturated carbocycles. The minimum atomic E-state index is -0.993. The first-order valence-corrected chi connectivity index (χ1v) is 6.47. The van der Waals surface area contributed by atoms with Gasteiger partial charge in [0.2, 0.25) is 0 Å². The van der Waals surface area contributed by atoms with Gasteiger partial charge in [0, 0.05) is 18.2 Å². The van der Waals surface area contributed by atoms with Crippen LogP contribution in [0.4, 0.5) is 0 Å². The first kappa shape index (κ1) is 14.3. The highest BCUT2D eigenvalue weighted by molar-refractivity contribution is 5.94. The van der Waals surface area contributed by atoms with Gasteiger partial charge in [0.15, 0.2) is 0 Å². The Morgan fingerprint density at radius 2 is 2.05 bits per heavy atom. The number of carbonyl (C=O) groups is 2. The Morgan fingerprint density at radius 1 is 1.35 bits per heavy atom. The number of nitrogens with zero attached hydrogens (tertiary/aromatic N) is 1. The van der Waals surface area contributed by atoms with Crippen molar-refractivity contribution in [3.8, 4) is 0 Å². The maximum absolute atomic E-state index is 12.3. The van der Waals surface area contributed by atoms with Crippen molar-refractivity contribution in [3.63, 3.8) is 0 Å². The standard InChI is InChI=1S/C15H17NO4/c1-11-10-20-9-8-16(11)15(19)13-5-2-12(3-6-13)4-7-14(17)18/h2-7,11H,8-10H2,1H3,(H,17,18). The number of morpholine rings is 1. The zero-order valence-corrected chi connectivity index (χ0v) is 11.3. The molecule has 0 spiro atoms. The van der Waals surface area contributed by atoms with Crippen LogP contribution in [0.1, 0.15) is 22.8 Å². The van der Waals surface area contributed by atoms with Gasteiger partial charge in [-0.25, -0.2) is 4.79 Å². The molecule has 1 amide bonds. The summed E-state index contributed by atoms with van der Waals surface area (Å²) < 4.78 is 5.31. The third kappa shape index (κ3) is 3.45. The molecule has 1 atom stereocenters. The van der Waals surface area contributed by atoms with Gasteiger partial charge in [-0.2, -0.15) is 0 Å². The smallest absolute Gasteiger partial charge is 0.328 e. The second kappa shape index (κ2) is 6.34. The average molecular weight is 275 g/mol. The maximum atomic E-state index is 12.3. The maximum Gasteiger partial charge on any atom is 0.328 e. The number of amides is 1. The molecule has 1 unspecified atom stereocenters. The second-order valence-corrected chi connectivity index (χ2v) is 4.72. The molecule has 1 heterocycles. The number of carboxylic acid groups (broad SMARTS) is 1. The van der Waals surface area contributed by atoms with E-state index < -0.39 is 5.97 Å². The summed E-state index contributed by atoms with van der Waals surface area (Å²) >= 11 is 0. The van der Waals surface area contributed by atoms with Crippen LogP contribution in [0, 0.1) is 0 Å². The minimum Gasteiger partial charge on any atom is -0.478 e. The lowest BCUT2D eigenvalue weighted by Crippen LogP contribution is -2.47. The van der Waals surface area contributed by atoms with Crippen LogP contribution >= 0.6 is 0 Å². The number of hydrogen-bond acceptors (Lipinski definition) is 3. The molecule has 1 aliphatic heterocycles. The molecular formula is C15H17NO4. The normalized spacial score (nSPS) is 19.2. The van der Waals surface area contributed by atoms with E-state index in [0.29, 0.717) is 25.3 Å². The third-order valence-corrected chi connectivity index (χ3v) is 3.20. The van der Waals surface area contributed by atoms with Gasteiger partial charge in [0.05, 0.1) is 19.3 Å². The van der Waals surface area contributed by atoms with Crippen LogP contribution in [0.2, 0.25) is 0 Å². The summed E-state index contributed by atoms with van der Waals surface area (Å²) in [5.41, 5.74) is 1.35. The van der Waals surface area contributed by atoms with Crippen LogP contribution in [-0.4, -0.2) is 47.7 Å². The van der Waals surface area contributed by atoms with E-state index in [-0.39, 0.29) is 11.9 Å². The Hall–Kier alpha value is -2.14. The van der Waals surface area contributed by atoms with Crippen molar-refractivity contribution in [1.29, 1.82) is 0 Å². The van der Waals surface area contributed by atoms with Crippen LogP contribution in [0.3, 0.4) is 0 Å². The molecule has 1 aromatic carbocycles. The van der Waals surface area contributed by atoms with Gasteiger partial charge in [0.1, 0.15) is 0 Å². The number of carboxylic acids is 1. The van der Waals surface area contributed by atoms with E-state index in [1.165, 1.54) is 6.08 Å². The largest absolute Gasteiger partial charge is 0.478 e. The SMILES string of the molecule is CC1COCCN1C(=O)c1ccc(C=CC(=O)O)cc1. The molecule has 1 aliphatic rings. The van der Waals surface area contributed by atoms with Crippen LogP contribution in [0.5, 0.6) is 0 Å². The predicted octanol–water partition coefficient (Wildman–Crippen LogP) is 1.65. The molecule has 1 saturated heterocycles. The number of rotatable bonds is 3. The van der Waals surface area contributed by atoms with Crippen LogP contribution in [0.15, 0.2) is 30.3 Å². The third-order valence-electron chi connectivity index (χ3n) is 3.20. The van der Waals surface area contributed by atoms with Crippen molar-refractivity contribution < 1.29 is 19.4 Å². The highest BCUT2D eigenvalue weighted by Gasteiger charge is 2.24. The molecule has 0 aromatic heterocycles. The van der Waals surface area contributed by atoms with Gasteiger partial charge < -0.3 is 14.7 Å². The zero-order valence-electron chi connectivity index (χ0n) is 11.3. The van der Waals surface area contributed by atoms with Crippen molar-refractivity contribution in [2.75, 3.05) is 19.8 Å². The molecule has 1 aromatic rings. The molecule has 2 rings (SSSR count). The van der Waals surface area contributed by atoms with E-state index in [4.69, 9.17) is 9.84 Å². The number of carbonyl (C=O) groups excluding carboxylic acids is 1. The summed E-state index contributed by atoms with van der Waals surface area (Å²) in [6, 6.07) is 6.97. The Bertz CT molecular complexity index is 521. The second-order valence-electron chi connectivity index (χ2n) is 4.72. The molecule has 0 aliphatic carbocycles. The summed E-state index contributed by atoms with van der Waals surface area (Å²) in [6.07, 6.45) is 2.56. The lowest BCUT2D eigenvalue weighted by molar-refractivity contribution is -0.131. The van der Waals surface area contributed by atoms with Crippen molar-refractivity contribution >= 4 is 18.0 Å². The van der Waals surface area contributed by atoms with Gasteiger partial charge >= 0.3 is 5.97 Å². The Balaban J connectivity index is 2.09. The van der Waals surface area contributed by atoms with Gasteiger partial charge in [-0.3, -0.25) is 4.79 Å². The van der Waals surface area contributed by atoms with Crippen molar-refractivity contribution in [1.82, 2.24) is 4.90 Å². The fraction of sp³-hybridized carbons (Fsp3) is 0.333. The number of aliphatic carboxylic acids is 1. The lowest BCUT2D eigenvalue weighted by atomic mass is 10.1. The Morgan fingerprint density at radius 3 is 2.65 bits per heavy atom. The topological polar surface area (TPSA) is 66.8 Å². The van der Waals surface area contributed by atoms with Crippen molar-refractivity contribution in [2.45, 2.75) is 13.0 Å². The lowest BCUT2D eigenvalue weighted by Gasteiger charge is -2.33. The van der Waals surface area contributed by atoms with Crippen molar-refractivity contribution in [3.05, 3.63) is 41.5 Å². The molecular weight excluding hydrogens is 258 g/mol. The van der Waals surface area contributed by atoms with Gasteiger partial charge in [-0.15, -0.1) is 0 Å². The fourth-order valence-corrected chi connectivity index (χ4v) is 2.10. The Labute approximate surface area is 117 Å². The van der Waals surface area contributed by atoms with E-state index >= 15 is 0 Å². The Kier molecular flexibility index (Phi) is 4.53. The van der Waals surface area contributed by atoms with Gasteiger partial charge in [0.25, 0.3) is 5.91 Å². The molecule has 5 heteroatoms. The van der Waals surface area contributed by atoms with E-state index in [1.54, 1.807) is 29.2 Å². The van der Waals surface area contributed by atoms with Gasteiger partial charge in [-0.05, 0) is 30.7 Å². The predicted molar refractivity (Wildman–Crippen MR) is 74.4 cm³/mol. The number of ether oxygens (including phenoxy) is 1. The zero-order chi connectivity index (χ0) is 14.5. The monoisotopic (exact) mass is 275 g/mol. The molecule has 106 valence electrons. The molecule has 0 radical (unpaired) electrons. The molecule has 0 bridgehead atoms. The molecule has 5 nitrogen and oxygen atoms in total. The van der Waals surface area contributed by atoms with Crippen LogP contribution in [-0.2, 0) is 9.53 Å². The number of benzene rings is 1. The van der Waals surface area contributed by atoms with Crippen LogP contribution in [0.25, 0.3) is 6.08 Å². The van der Waals surface area contributed by atoms with Crippen molar-refractivity contribution in [2.24, 2.45) is 0 Å². The first-order valence-electron chi connectivity index (χ1n) is 6.47. The minimum absolute atomic E-state index is 0.0189. The molecule has 20 heavy (non-hydrogen) atoms. The highest BCUT2D eigenvalue weighted by Crippen LogP contribution is 2.13. The number of hydrogen-bond donors (Lipinski definition) is 1. The molecule has 1 N–H and O–H groups in total. The summed E-state index contributed by atoms with van der Waals surface area (Å²) in [5, 5.41) is 8.56. The fourth-order valence-electron chi connectivity index (χ4n) is 2.10. The summed E-state index contributed by atoms with van der Waals surface area (Å²) in [6.45, 7) is 3.68. The van der Waals surface area contributed by atoms with Crippen LogP contribution < -0.4 is 0 Å². The first-order chi connectivity index (χ1) is 9.58. The quantitative estimate of drug-likeness (QED) is 0.852. The van der Waals surface area contributed by atoms with E-state index in [9.17, 15) is 9.59 Å². The average Bonchev–Trinajstić information content (AvgIpc) is 2.45.